The highest BCUT2D eigenvalue weighted by Gasteiger charge is 2.22. The summed E-state index contributed by atoms with van der Waals surface area (Å²) in [5.74, 6) is -0.221. The number of halogens is 1. The van der Waals surface area contributed by atoms with Crippen LogP contribution in [0, 0.1) is 5.82 Å². The van der Waals surface area contributed by atoms with Gasteiger partial charge >= 0.3 is 0 Å². The van der Waals surface area contributed by atoms with Crippen LogP contribution in [0.2, 0.25) is 0 Å². The van der Waals surface area contributed by atoms with Crippen molar-refractivity contribution >= 4 is 5.91 Å². The van der Waals surface area contributed by atoms with E-state index in [9.17, 15) is 9.18 Å². The number of nitrogens with zero attached hydrogens (tertiary/aromatic N) is 5. The third kappa shape index (κ3) is 4.26. The Balaban J connectivity index is 1.32. The van der Waals surface area contributed by atoms with Gasteiger partial charge in [-0.05, 0) is 35.4 Å². The normalized spacial score (nSPS) is 15.0. The van der Waals surface area contributed by atoms with Gasteiger partial charge in [-0.15, -0.1) is 0 Å². The van der Waals surface area contributed by atoms with Crippen LogP contribution in [0.4, 0.5) is 4.39 Å². The zero-order valence-electron chi connectivity index (χ0n) is 15.5. The van der Waals surface area contributed by atoms with E-state index < -0.39 is 0 Å². The van der Waals surface area contributed by atoms with E-state index >= 15 is 0 Å². The molecule has 0 spiro atoms. The lowest BCUT2D eigenvalue weighted by molar-refractivity contribution is 0.0632. The van der Waals surface area contributed by atoms with Gasteiger partial charge < -0.3 is 4.90 Å². The van der Waals surface area contributed by atoms with Crippen LogP contribution in [0.1, 0.15) is 10.4 Å². The summed E-state index contributed by atoms with van der Waals surface area (Å²) < 4.78 is 15.2. The quantitative estimate of drug-likeness (QED) is 0.684. The SMILES string of the molecule is O=C(c1ccc(-c2cccc(F)c2)cc1)N1CCN(CCn2cncn2)CC1. The van der Waals surface area contributed by atoms with Crippen LogP contribution >= 0.6 is 0 Å². The highest BCUT2D eigenvalue weighted by atomic mass is 19.1. The summed E-state index contributed by atoms with van der Waals surface area (Å²) >= 11 is 0. The zero-order valence-corrected chi connectivity index (χ0v) is 15.5. The molecule has 0 bridgehead atoms. The molecule has 1 aromatic heterocycles. The van der Waals surface area contributed by atoms with Crippen LogP contribution < -0.4 is 0 Å². The average molecular weight is 379 g/mol. The second-order valence-corrected chi connectivity index (χ2v) is 6.88. The van der Waals surface area contributed by atoms with Crippen molar-refractivity contribution in [2.45, 2.75) is 6.54 Å². The fourth-order valence-electron chi connectivity index (χ4n) is 3.42. The molecule has 1 amide bonds. The first-order valence-corrected chi connectivity index (χ1v) is 9.39. The van der Waals surface area contributed by atoms with Crippen molar-refractivity contribution in [3.8, 4) is 11.1 Å². The molecule has 144 valence electrons. The van der Waals surface area contributed by atoms with Crippen LogP contribution in [0.5, 0.6) is 0 Å². The van der Waals surface area contributed by atoms with Crippen molar-refractivity contribution in [2.75, 3.05) is 32.7 Å². The van der Waals surface area contributed by atoms with Crippen molar-refractivity contribution in [1.82, 2.24) is 24.6 Å². The number of piperazine rings is 1. The van der Waals surface area contributed by atoms with Gasteiger partial charge in [-0.25, -0.2) is 9.37 Å². The molecule has 0 N–H and O–H groups in total. The molecule has 6 nitrogen and oxygen atoms in total. The number of aromatic nitrogens is 3. The van der Waals surface area contributed by atoms with E-state index in [1.165, 1.54) is 18.5 Å². The Hall–Kier alpha value is -3.06. The van der Waals surface area contributed by atoms with Gasteiger partial charge in [0.2, 0.25) is 0 Å². The largest absolute Gasteiger partial charge is 0.336 e. The molecule has 1 aliphatic rings. The highest BCUT2D eigenvalue weighted by Crippen LogP contribution is 2.21. The Kier molecular flexibility index (Phi) is 5.43. The molecule has 7 heteroatoms. The average Bonchev–Trinajstić information content (AvgIpc) is 3.26. The van der Waals surface area contributed by atoms with Crippen LogP contribution in [0.15, 0.2) is 61.2 Å². The molecule has 2 heterocycles. The topological polar surface area (TPSA) is 54.3 Å². The summed E-state index contributed by atoms with van der Waals surface area (Å²) in [5, 5.41) is 4.11. The van der Waals surface area contributed by atoms with E-state index in [0.29, 0.717) is 18.7 Å². The summed E-state index contributed by atoms with van der Waals surface area (Å²) in [6, 6.07) is 13.8. The third-order valence-corrected chi connectivity index (χ3v) is 5.06. The van der Waals surface area contributed by atoms with Gasteiger partial charge in [0.05, 0.1) is 6.54 Å². The molecule has 0 radical (unpaired) electrons. The molecular formula is C21H22FN5O. The van der Waals surface area contributed by atoms with Crippen LogP contribution in [-0.2, 0) is 6.54 Å². The van der Waals surface area contributed by atoms with Crippen molar-refractivity contribution in [3.05, 3.63) is 72.6 Å². The van der Waals surface area contributed by atoms with Gasteiger partial charge in [0.1, 0.15) is 18.5 Å². The number of hydrogen-bond donors (Lipinski definition) is 0. The molecule has 1 aliphatic heterocycles. The van der Waals surface area contributed by atoms with Gasteiger partial charge in [-0.1, -0.05) is 24.3 Å². The first-order chi connectivity index (χ1) is 13.7. The molecular weight excluding hydrogens is 357 g/mol. The van der Waals surface area contributed by atoms with Gasteiger partial charge in [-0.3, -0.25) is 14.4 Å². The van der Waals surface area contributed by atoms with Gasteiger partial charge in [0, 0.05) is 38.3 Å². The van der Waals surface area contributed by atoms with E-state index in [0.717, 1.165) is 37.3 Å². The molecule has 0 aliphatic carbocycles. The van der Waals surface area contributed by atoms with Crippen molar-refractivity contribution in [3.63, 3.8) is 0 Å². The summed E-state index contributed by atoms with van der Waals surface area (Å²) in [6.07, 6.45) is 3.25. The molecule has 0 unspecified atom stereocenters. The lowest BCUT2D eigenvalue weighted by Crippen LogP contribution is -2.49. The number of carbonyl (C=O) groups is 1. The zero-order chi connectivity index (χ0) is 19.3. The summed E-state index contributed by atoms with van der Waals surface area (Å²) in [6.45, 7) is 4.82. The van der Waals surface area contributed by atoms with Crippen LogP contribution in [0.25, 0.3) is 11.1 Å². The molecule has 1 fully saturated rings. The number of carbonyl (C=O) groups excluding carboxylic acids is 1. The molecule has 4 rings (SSSR count). The Morgan fingerprint density at radius 1 is 0.964 bits per heavy atom. The maximum Gasteiger partial charge on any atom is 0.253 e. The van der Waals surface area contributed by atoms with Crippen molar-refractivity contribution < 1.29 is 9.18 Å². The predicted octanol–water partition coefficient (Wildman–Crippen LogP) is 2.54. The Labute approximate surface area is 163 Å². The summed E-state index contributed by atoms with van der Waals surface area (Å²) in [5.41, 5.74) is 2.37. The minimum absolute atomic E-state index is 0.0433. The maximum atomic E-state index is 13.4. The molecule has 28 heavy (non-hydrogen) atoms. The Bertz CT molecular complexity index is 918. The lowest BCUT2D eigenvalue weighted by Gasteiger charge is -2.34. The number of rotatable bonds is 5. The fourth-order valence-corrected chi connectivity index (χ4v) is 3.42. The number of hydrogen-bond acceptors (Lipinski definition) is 4. The molecule has 1 saturated heterocycles. The standard InChI is InChI=1S/C21H22FN5O/c22-20-3-1-2-19(14-20)17-4-6-18(7-5-17)21(28)26-11-8-25(9-12-26)10-13-27-16-23-15-24-27/h1-7,14-16H,8-13H2. The van der Waals surface area contributed by atoms with E-state index in [4.69, 9.17) is 0 Å². The first kappa shape index (κ1) is 18.3. The smallest absolute Gasteiger partial charge is 0.253 e. The highest BCUT2D eigenvalue weighted by molar-refractivity contribution is 5.94. The first-order valence-electron chi connectivity index (χ1n) is 9.39. The second kappa shape index (κ2) is 8.31. The van der Waals surface area contributed by atoms with Gasteiger partial charge in [0.15, 0.2) is 0 Å². The van der Waals surface area contributed by atoms with Crippen LogP contribution in [0.3, 0.4) is 0 Å². The summed E-state index contributed by atoms with van der Waals surface area (Å²) in [4.78, 5) is 20.9. The summed E-state index contributed by atoms with van der Waals surface area (Å²) in [7, 11) is 0. The molecule has 0 saturated carbocycles. The van der Waals surface area contributed by atoms with E-state index in [2.05, 4.69) is 15.0 Å². The number of benzene rings is 2. The minimum Gasteiger partial charge on any atom is -0.336 e. The Morgan fingerprint density at radius 3 is 2.43 bits per heavy atom. The van der Waals surface area contributed by atoms with E-state index in [1.54, 1.807) is 12.4 Å². The number of amides is 1. The fraction of sp³-hybridized carbons (Fsp3) is 0.286. The lowest BCUT2D eigenvalue weighted by atomic mass is 10.0. The molecule has 3 aromatic rings. The molecule has 2 aromatic carbocycles. The van der Waals surface area contributed by atoms with E-state index in [1.807, 2.05) is 39.9 Å². The van der Waals surface area contributed by atoms with Crippen molar-refractivity contribution in [1.29, 1.82) is 0 Å². The second-order valence-electron chi connectivity index (χ2n) is 6.88. The molecule has 0 atom stereocenters. The van der Waals surface area contributed by atoms with Crippen molar-refractivity contribution in [2.24, 2.45) is 0 Å². The monoisotopic (exact) mass is 379 g/mol. The van der Waals surface area contributed by atoms with Gasteiger partial charge in [-0.2, -0.15) is 5.10 Å². The third-order valence-electron chi connectivity index (χ3n) is 5.06. The van der Waals surface area contributed by atoms with Crippen LogP contribution in [-0.4, -0.2) is 63.2 Å². The minimum atomic E-state index is -0.264. The maximum absolute atomic E-state index is 13.4. The Morgan fingerprint density at radius 2 is 1.75 bits per heavy atom. The van der Waals surface area contributed by atoms with Gasteiger partial charge in [0.25, 0.3) is 5.91 Å². The van der Waals surface area contributed by atoms with E-state index in [-0.39, 0.29) is 11.7 Å². The predicted molar refractivity (Wildman–Crippen MR) is 104 cm³/mol.